The van der Waals surface area contributed by atoms with Crippen LogP contribution < -0.4 is 16.6 Å². The summed E-state index contributed by atoms with van der Waals surface area (Å²) in [5, 5.41) is 12.4. The molecule has 2 aromatic rings. The van der Waals surface area contributed by atoms with Gasteiger partial charge >= 0.3 is 11.7 Å². The molecule has 154 valence electrons. The molecule has 0 aliphatic rings. The molecule has 29 heavy (non-hydrogen) atoms. The van der Waals surface area contributed by atoms with Crippen LogP contribution in [0.2, 0.25) is 0 Å². The Morgan fingerprint density at radius 1 is 1.31 bits per heavy atom. The zero-order chi connectivity index (χ0) is 21.6. The molecule has 0 fully saturated rings. The van der Waals surface area contributed by atoms with Gasteiger partial charge in [0, 0.05) is 18.7 Å². The predicted molar refractivity (Wildman–Crippen MR) is 110 cm³/mol. The summed E-state index contributed by atoms with van der Waals surface area (Å²) in [4.78, 5) is 39.0. The van der Waals surface area contributed by atoms with Crippen LogP contribution in [0.5, 0.6) is 0 Å². The van der Waals surface area contributed by atoms with Crippen LogP contribution in [0.4, 0.5) is 11.5 Å². The highest BCUT2D eigenvalue weighted by molar-refractivity contribution is 5.69. The summed E-state index contributed by atoms with van der Waals surface area (Å²) in [7, 11) is 0. The van der Waals surface area contributed by atoms with Crippen LogP contribution in [-0.4, -0.2) is 22.1 Å². The number of H-pyrrole nitrogens is 1. The van der Waals surface area contributed by atoms with Crippen molar-refractivity contribution < 1.29 is 9.53 Å². The van der Waals surface area contributed by atoms with Gasteiger partial charge in [0.15, 0.2) is 0 Å². The van der Waals surface area contributed by atoms with Crippen LogP contribution in [0, 0.1) is 18.3 Å². The fourth-order valence-corrected chi connectivity index (χ4v) is 3.14. The quantitative estimate of drug-likeness (QED) is 0.660. The minimum Gasteiger partial charge on any atom is -0.466 e. The van der Waals surface area contributed by atoms with Crippen molar-refractivity contribution in [1.29, 1.82) is 5.26 Å². The molecule has 8 heteroatoms. The number of nitrogens with one attached hydrogen (secondary N) is 2. The van der Waals surface area contributed by atoms with E-state index in [-0.39, 0.29) is 24.9 Å². The number of aryl methyl sites for hydroxylation is 1. The van der Waals surface area contributed by atoms with Gasteiger partial charge < -0.3 is 10.1 Å². The maximum Gasteiger partial charge on any atom is 0.329 e. The number of carbonyl (C=O) groups is 1. The summed E-state index contributed by atoms with van der Waals surface area (Å²) in [6.07, 6.45) is 0.549. The van der Waals surface area contributed by atoms with Crippen LogP contribution in [0.15, 0.2) is 27.8 Å². The molecule has 0 aliphatic carbocycles. The van der Waals surface area contributed by atoms with Crippen LogP contribution in [0.25, 0.3) is 0 Å². The van der Waals surface area contributed by atoms with Crippen molar-refractivity contribution in [2.75, 3.05) is 11.9 Å². The number of hydrogen-bond donors (Lipinski definition) is 2. The number of ether oxygens (including phenoxy) is 1. The van der Waals surface area contributed by atoms with Crippen LogP contribution in [-0.2, 0) is 16.1 Å². The molecule has 0 saturated heterocycles. The smallest absolute Gasteiger partial charge is 0.329 e. The van der Waals surface area contributed by atoms with E-state index >= 15 is 0 Å². The van der Waals surface area contributed by atoms with Crippen molar-refractivity contribution in [3.63, 3.8) is 0 Å². The van der Waals surface area contributed by atoms with Gasteiger partial charge in [-0.2, -0.15) is 5.26 Å². The Labute approximate surface area is 169 Å². The van der Waals surface area contributed by atoms with Crippen LogP contribution in [0.3, 0.4) is 0 Å². The Kier molecular flexibility index (Phi) is 7.37. The average molecular weight is 398 g/mol. The van der Waals surface area contributed by atoms with Crippen molar-refractivity contribution >= 4 is 17.5 Å². The second-order valence-corrected chi connectivity index (χ2v) is 7.06. The first-order valence-electron chi connectivity index (χ1n) is 9.58. The zero-order valence-electron chi connectivity index (χ0n) is 17.2. The lowest BCUT2D eigenvalue weighted by Gasteiger charge is -2.19. The van der Waals surface area contributed by atoms with Gasteiger partial charge in [-0.05, 0) is 49.9 Å². The predicted octanol–water partition coefficient (Wildman–Crippen LogP) is 2.93. The number of anilines is 2. The second-order valence-electron chi connectivity index (χ2n) is 7.06. The lowest BCUT2D eigenvalue weighted by Crippen LogP contribution is -2.35. The molecule has 0 amide bonds. The number of benzene rings is 1. The van der Waals surface area contributed by atoms with Gasteiger partial charge in [-0.3, -0.25) is 19.1 Å². The van der Waals surface area contributed by atoms with E-state index in [0.717, 1.165) is 5.56 Å². The van der Waals surface area contributed by atoms with Crippen LogP contribution >= 0.6 is 0 Å². The van der Waals surface area contributed by atoms with E-state index in [1.54, 1.807) is 19.1 Å². The number of nitrogens with zero attached hydrogens (tertiary/aromatic N) is 2. The van der Waals surface area contributed by atoms with Gasteiger partial charge in [0.25, 0.3) is 5.56 Å². The lowest BCUT2D eigenvalue weighted by molar-refractivity contribution is -0.143. The number of nitriles is 1. The summed E-state index contributed by atoms with van der Waals surface area (Å²) in [6, 6.07) is 7.34. The molecule has 0 radical (unpaired) electrons. The van der Waals surface area contributed by atoms with Crippen LogP contribution in [0.1, 0.15) is 56.2 Å². The average Bonchev–Trinajstić information content (AvgIpc) is 2.63. The SMILES string of the molecule is CCOC(=O)CCCn1c(Nc2cc(C)cc(C#N)c2)c(C(C)C)c(=O)[nH]c1=O. The van der Waals surface area contributed by atoms with E-state index in [0.29, 0.717) is 35.7 Å². The van der Waals surface area contributed by atoms with Crippen molar-refractivity contribution in [3.05, 3.63) is 55.7 Å². The molecule has 2 N–H and O–H groups in total. The van der Waals surface area contributed by atoms with Crippen molar-refractivity contribution in [2.45, 2.75) is 53.0 Å². The van der Waals surface area contributed by atoms with Crippen molar-refractivity contribution in [3.8, 4) is 6.07 Å². The van der Waals surface area contributed by atoms with Gasteiger partial charge in [-0.15, -0.1) is 0 Å². The van der Waals surface area contributed by atoms with E-state index in [1.165, 1.54) is 4.57 Å². The molecule has 0 spiro atoms. The molecule has 8 nitrogen and oxygen atoms in total. The number of aromatic amines is 1. The van der Waals surface area contributed by atoms with Gasteiger partial charge in [0.1, 0.15) is 5.82 Å². The first-order chi connectivity index (χ1) is 13.8. The fourth-order valence-electron chi connectivity index (χ4n) is 3.14. The summed E-state index contributed by atoms with van der Waals surface area (Å²) >= 11 is 0. The first-order valence-corrected chi connectivity index (χ1v) is 9.58. The maximum atomic E-state index is 12.5. The Morgan fingerprint density at radius 2 is 2.03 bits per heavy atom. The molecule has 1 aromatic carbocycles. The third kappa shape index (κ3) is 5.57. The number of esters is 1. The largest absolute Gasteiger partial charge is 0.466 e. The topological polar surface area (TPSA) is 117 Å². The highest BCUT2D eigenvalue weighted by Crippen LogP contribution is 2.25. The Bertz CT molecular complexity index is 1040. The van der Waals surface area contributed by atoms with Gasteiger partial charge in [-0.1, -0.05) is 13.8 Å². The lowest BCUT2D eigenvalue weighted by atomic mass is 10.0. The van der Waals surface area contributed by atoms with Gasteiger partial charge in [-0.25, -0.2) is 4.79 Å². The van der Waals surface area contributed by atoms with E-state index < -0.39 is 11.2 Å². The van der Waals surface area contributed by atoms with Crippen molar-refractivity contribution in [2.24, 2.45) is 0 Å². The number of rotatable bonds is 8. The zero-order valence-corrected chi connectivity index (χ0v) is 17.2. The summed E-state index contributed by atoms with van der Waals surface area (Å²) in [5.41, 5.74) is 1.37. The fraction of sp³-hybridized carbons (Fsp3) is 0.429. The first kappa shape index (κ1) is 22.0. The third-order valence-corrected chi connectivity index (χ3v) is 4.35. The molecule has 0 unspecified atom stereocenters. The molecular formula is C21H26N4O4. The molecule has 0 aliphatic heterocycles. The Hall–Kier alpha value is -3.34. The second kappa shape index (κ2) is 9.73. The Balaban J connectivity index is 2.48. The number of carbonyl (C=O) groups excluding carboxylic acids is 1. The molecule has 2 rings (SSSR count). The highest BCUT2D eigenvalue weighted by Gasteiger charge is 2.18. The van der Waals surface area contributed by atoms with Crippen molar-refractivity contribution in [1.82, 2.24) is 9.55 Å². The third-order valence-electron chi connectivity index (χ3n) is 4.35. The molecule has 1 heterocycles. The van der Waals surface area contributed by atoms with E-state index in [9.17, 15) is 19.6 Å². The standard InChI is InChI=1S/C21H26N4O4/c1-5-29-17(26)7-6-8-25-19(18(13(2)3)20(27)24-21(25)28)23-16-10-14(4)9-15(11-16)12-22/h9-11,13,23H,5-8H2,1-4H3,(H,24,27,28). The van der Waals surface area contributed by atoms with E-state index in [2.05, 4.69) is 16.4 Å². The molecule has 1 aromatic heterocycles. The van der Waals surface area contributed by atoms with E-state index in [1.807, 2.05) is 26.8 Å². The monoisotopic (exact) mass is 398 g/mol. The number of hydrogen-bond acceptors (Lipinski definition) is 6. The molecule has 0 bridgehead atoms. The molecular weight excluding hydrogens is 372 g/mol. The minimum absolute atomic E-state index is 0.154. The van der Waals surface area contributed by atoms with Gasteiger partial charge in [0.2, 0.25) is 0 Å². The number of aromatic nitrogens is 2. The normalized spacial score (nSPS) is 10.6. The minimum atomic E-state index is -0.557. The molecule has 0 saturated carbocycles. The van der Waals surface area contributed by atoms with E-state index in [4.69, 9.17) is 4.74 Å². The maximum absolute atomic E-state index is 12.5. The Morgan fingerprint density at radius 3 is 2.66 bits per heavy atom. The van der Waals surface area contributed by atoms with Gasteiger partial charge in [0.05, 0.1) is 23.8 Å². The summed E-state index contributed by atoms with van der Waals surface area (Å²) in [5.74, 6) is -0.119. The highest BCUT2D eigenvalue weighted by atomic mass is 16.5. The summed E-state index contributed by atoms with van der Waals surface area (Å²) in [6.45, 7) is 7.85. The molecule has 0 atom stereocenters. The summed E-state index contributed by atoms with van der Waals surface area (Å²) < 4.78 is 6.35.